The third-order valence-electron chi connectivity index (χ3n) is 3.53. The fraction of sp³-hybridized carbons (Fsp3) is 0.857. The first kappa shape index (κ1) is 16.0. The summed E-state index contributed by atoms with van der Waals surface area (Å²) in [6.45, 7) is 5.73. The Bertz CT molecular complexity index is 309. The van der Waals surface area contributed by atoms with Crippen molar-refractivity contribution >= 4 is 11.9 Å². The van der Waals surface area contributed by atoms with Gasteiger partial charge in [0.2, 0.25) is 5.91 Å². The minimum atomic E-state index is -0.837. The van der Waals surface area contributed by atoms with E-state index in [2.05, 4.69) is 19.2 Å². The van der Waals surface area contributed by atoms with Crippen LogP contribution in [0.3, 0.4) is 0 Å². The van der Waals surface area contributed by atoms with E-state index in [9.17, 15) is 14.7 Å². The molecule has 0 bridgehead atoms. The van der Waals surface area contributed by atoms with Crippen LogP contribution in [0, 0.1) is 11.3 Å². The molecule has 0 spiro atoms. The van der Waals surface area contributed by atoms with E-state index in [4.69, 9.17) is 4.74 Å². The highest BCUT2D eigenvalue weighted by Crippen LogP contribution is 2.41. The molecule has 19 heavy (non-hydrogen) atoms. The second kappa shape index (κ2) is 7.48. The second-order valence-electron chi connectivity index (χ2n) is 5.79. The van der Waals surface area contributed by atoms with E-state index in [0.29, 0.717) is 38.5 Å². The van der Waals surface area contributed by atoms with Crippen LogP contribution in [0.4, 0.5) is 0 Å². The number of carboxylic acid groups (broad SMARTS) is 1. The summed E-state index contributed by atoms with van der Waals surface area (Å²) in [5.74, 6) is -0.543. The summed E-state index contributed by atoms with van der Waals surface area (Å²) in [7, 11) is 0. The highest BCUT2D eigenvalue weighted by atomic mass is 16.5. The number of carbonyl (C=O) groups excluding carboxylic acids is 1. The topological polar surface area (TPSA) is 75.6 Å². The van der Waals surface area contributed by atoms with Gasteiger partial charge in [0.15, 0.2) is 0 Å². The number of ether oxygens (including phenoxy) is 1. The monoisotopic (exact) mass is 271 g/mol. The van der Waals surface area contributed by atoms with Crippen molar-refractivity contribution in [2.24, 2.45) is 11.3 Å². The molecule has 1 saturated carbocycles. The number of hydrogen-bond donors (Lipinski definition) is 2. The molecule has 1 fully saturated rings. The normalized spacial score (nSPS) is 17.6. The molecular weight excluding hydrogens is 246 g/mol. The minimum Gasteiger partial charge on any atom is -0.481 e. The largest absolute Gasteiger partial charge is 0.481 e. The van der Waals surface area contributed by atoms with E-state index >= 15 is 0 Å². The molecule has 110 valence electrons. The summed E-state index contributed by atoms with van der Waals surface area (Å²) in [6, 6.07) is 0. The number of amides is 1. The van der Waals surface area contributed by atoms with Crippen LogP contribution in [-0.2, 0) is 14.3 Å². The van der Waals surface area contributed by atoms with Crippen LogP contribution in [0.2, 0.25) is 0 Å². The fourth-order valence-corrected chi connectivity index (χ4v) is 2.47. The number of rotatable bonds is 8. The fourth-order valence-electron chi connectivity index (χ4n) is 2.47. The summed E-state index contributed by atoms with van der Waals surface area (Å²) in [4.78, 5) is 23.1. The third kappa shape index (κ3) is 5.19. The SMILES string of the molecule is CC(C)COCCNC(=O)CC1(C(=O)O)CCCC1. The zero-order chi connectivity index (χ0) is 14.3. The van der Waals surface area contributed by atoms with E-state index in [1.807, 2.05) is 0 Å². The first-order valence-corrected chi connectivity index (χ1v) is 7.04. The molecule has 1 aliphatic rings. The third-order valence-corrected chi connectivity index (χ3v) is 3.53. The maximum atomic E-state index is 11.8. The average molecular weight is 271 g/mol. The summed E-state index contributed by atoms with van der Waals surface area (Å²) < 4.78 is 5.36. The van der Waals surface area contributed by atoms with Gasteiger partial charge in [-0.05, 0) is 18.8 Å². The molecule has 5 nitrogen and oxygen atoms in total. The molecule has 0 aromatic heterocycles. The molecule has 0 aromatic carbocycles. The molecule has 1 rings (SSSR count). The molecule has 0 unspecified atom stereocenters. The van der Waals surface area contributed by atoms with Gasteiger partial charge in [-0.3, -0.25) is 9.59 Å². The lowest BCUT2D eigenvalue weighted by atomic mass is 9.82. The van der Waals surface area contributed by atoms with E-state index < -0.39 is 11.4 Å². The Kier molecular flexibility index (Phi) is 6.28. The van der Waals surface area contributed by atoms with E-state index in [-0.39, 0.29) is 12.3 Å². The number of nitrogens with one attached hydrogen (secondary N) is 1. The highest BCUT2D eigenvalue weighted by molar-refractivity contribution is 5.85. The van der Waals surface area contributed by atoms with Crippen LogP contribution in [0.5, 0.6) is 0 Å². The Balaban J connectivity index is 2.24. The highest BCUT2D eigenvalue weighted by Gasteiger charge is 2.42. The summed E-state index contributed by atoms with van der Waals surface area (Å²) >= 11 is 0. The molecule has 0 radical (unpaired) electrons. The molecule has 2 N–H and O–H groups in total. The lowest BCUT2D eigenvalue weighted by Gasteiger charge is -2.22. The van der Waals surface area contributed by atoms with Crippen LogP contribution in [-0.4, -0.2) is 36.7 Å². The van der Waals surface area contributed by atoms with Gasteiger partial charge in [-0.2, -0.15) is 0 Å². The van der Waals surface area contributed by atoms with Crippen molar-refractivity contribution in [1.29, 1.82) is 0 Å². The number of carboxylic acids is 1. The van der Waals surface area contributed by atoms with Crippen molar-refractivity contribution in [3.63, 3.8) is 0 Å². The maximum absolute atomic E-state index is 11.8. The zero-order valence-electron chi connectivity index (χ0n) is 11.9. The van der Waals surface area contributed by atoms with Gasteiger partial charge < -0.3 is 15.2 Å². The van der Waals surface area contributed by atoms with Crippen molar-refractivity contribution in [3.05, 3.63) is 0 Å². The molecule has 0 saturated heterocycles. The second-order valence-corrected chi connectivity index (χ2v) is 5.79. The minimum absolute atomic E-state index is 0.0898. The predicted molar refractivity (Wildman–Crippen MR) is 71.8 cm³/mol. The van der Waals surface area contributed by atoms with E-state index in [1.54, 1.807) is 0 Å². The molecule has 1 aliphatic carbocycles. The Morgan fingerprint density at radius 2 is 1.95 bits per heavy atom. The van der Waals surface area contributed by atoms with Crippen LogP contribution >= 0.6 is 0 Å². The molecule has 0 aliphatic heterocycles. The van der Waals surface area contributed by atoms with Gasteiger partial charge in [0.1, 0.15) is 0 Å². The summed E-state index contributed by atoms with van der Waals surface area (Å²) in [5, 5.41) is 12.0. The Labute approximate surface area is 114 Å². The Morgan fingerprint density at radius 1 is 1.32 bits per heavy atom. The van der Waals surface area contributed by atoms with Gasteiger partial charge in [-0.15, -0.1) is 0 Å². The predicted octanol–water partition coefficient (Wildman–Crippen LogP) is 1.81. The Morgan fingerprint density at radius 3 is 2.47 bits per heavy atom. The molecule has 0 aromatic rings. The lowest BCUT2D eigenvalue weighted by molar-refractivity contribution is -0.151. The molecule has 5 heteroatoms. The first-order valence-electron chi connectivity index (χ1n) is 7.04. The van der Waals surface area contributed by atoms with Crippen molar-refractivity contribution in [3.8, 4) is 0 Å². The Hall–Kier alpha value is -1.10. The van der Waals surface area contributed by atoms with Crippen LogP contribution in [0.1, 0.15) is 46.0 Å². The first-order chi connectivity index (χ1) is 8.96. The van der Waals surface area contributed by atoms with E-state index in [0.717, 1.165) is 12.8 Å². The van der Waals surface area contributed by atoms with Crippen molar-refractivity contribution in [1.82, 2.24) is 5.32 Å². The van der Waals surface area contributed by atoms with Crippen molar-refractivity contribution < 1.29 is 19.4 Å². The lowest BCUT2D eigenvalue weighted by Crippen LogP contribution is -2.36. The molecule has 0 heterocycles. The summed E-state index contributed by atoms with van der Waals surface area (Å²) in [5.41, 5.74) is -0.830. The van der Waals surface area contributed by atoms with Crippen LogP contribution in [0.15, 0.2) is 0 Å². The van der Waals surface area contributed by atoms with Crippen molar-refractivity contribution in [2.75, 3.05) is 19.8 Å². The molecule has 0 atom stereocenters. The van der Waals surface area contributed by atoms with E-state index in [1.165, 1.54) is 0 Å². The van der Waals surface area contributed by atoms with Gasteiger partial charge in [-0.25, -0.2) is 0 Å². The van der Waals surface area contributed by atoms with Crippen LogP contribution in [0.25, 0.3) is 0 Å². The average Bonchev–Trinajstić information content (AvgIpc) is 2.78. The molecular formula is C14H25NO4. The van der Waals surface area contributed by atoms with Gasteiger partial charge in [0, 0.05) is 19.6 Å². The smallest absolute Gasteiger partial charge is 0.310 e. The van der Waals surface area contributed by atoms with Gasteiger partial charge >= 0.3 is 5.97 Å². The van der Waals surface area contributed by atoms with Gasteiger partial charge in [0.25, 0.3) is 0 Å². The van der Waals surface area contributed by atoms with Gasteiger partial charge in [-0.1, -0.05) is 26.7 Å². The standard InChI is InChI=1S/C14H25NO4/c1-11(2)10-19-8-7-15-12(16)9-14(13(17)18)5-3-4-6-14/h11H,3-10H2,1-2H3,(H,15,16)(H,17,18). The quantitative estimate of drug-likeness (QED) is 0.660. The van der Waals surface area contributed by atoms with Crippen molar-refractivity contribution in [2.45, 2.75) is 46.0 Å². The number of carbonyl (C=O) groups is 2. The molecule has 1 amide bonds. The number of hydrogen-bond acceptors (Lipinski definition) is 3. The van der Waals surface area contributed by atoms with Crippen LogP contribution < -0.4 is 5.32 Å². The van der Waals surface area contributed by atoms with Gasteiger partial charge in [0.05, 0.1) is 12.0 Å². The summed E-state index contributed by atoms with van der Waals surface area (Å²) in [6.07, 6.45) is 3.11. The zero-order valence-corrected chi connectivity index (χ0v) is 11.9. The maximum Gasteiger partial charge on any atom is 0.310 e. The number of aliphatic carboxylic acids is 1.